The number of nitrogens with one attached hydrogen (secondary N) is 2. The lowest BCUT2D eigenvalue weighted by atomic mass is 9.99. The number of pyridine rings is 1. The van der Waals surface area contributed by atoms with Crippen LogP contribution in [0.1, 0.15) is 25.5 Å². The fourth-order valence-corrected chi connectivity index (χ4v) is 1.67. The molecule has 0 saturated heterocycles. The molecular weight excluding hydrogens is 200 g/mol. The van der Waals surface area contributed by atoms with Gasteiger partial charge in [-0.3, -0.25) is 5.10 Å². The van der Waals surface area contributed by atoms with E-state index in [1.807, 2.05) is 30.6 Å². The second-order valence-corrected chi connectivity index (χ2v) is 4.11. The van der Waals surface area contributed by atoms with E-state index in [4.69, 9.17) is 0 Å². The van der Waals surface area contributed by atoms with Crippen molar-refractivity contribution < 1.29 is 0 Å². The van der Waals surface area contributed by atoms with Crippen molar-refractivity contribution in [2.24, 2.45) is 5.92 Å². The fraction of sp³-hybridized carbons (Fsp3) is 0.333. The molecule has 0 bridgehead atoms. The number of aromatic amines is 1. The first-order valence-corrected chi connectivity index (χ1v) is 5.43. The molecule has 4 nitrogen and oxygen atoms in total. The molecule has 1 atom stereocenters. The van der Waals surface area contributed by atoms with Crippen molar-refractivity contribution in [1.29, 1.82) is 0 Å². The van der Waals surface area contributed by atoms with Crippen LogP contribution >= 0.6 is 0 Å². The van der Waals surface area contributed by atoms with Crippen LogP contribution in [-0.2, 0) is 0 Å². The lowest BCUT2D eigenvalue weighted by molar-refractivity contribution is 0.545. The zero-order valence-electron chi connectivity index (χ0n) is 9.51. The Labute approximate surface area is 95.1 Å². The number of H-pyrrole nitrogens is 1. The predicted molar refractivity (Wildman–Crippen MR) is 64.0 cm³/mol. The van der Waals surface area contributed by atoms with Gasteiger partial charge in [0, 0.05) is 18.0 Å². The van der Waals surface area contributed by atoms with Crippen LogP contribution in [0.5, 0.6) is 0 Å². The van der Waals surface area contributed by atoms with Crippen molar-refractivity contribution in [2.75, 3.05) is 5.32 Å². The molecule has 0 radical (unpaired) electrons. The van der Waals surface area contributed by atoms with Crippen LogP contribution in [0.15, 0.2) is 36.8 Å². The Balaban J connectivity index is 2.16. The summed E-state index contributed by atoms with van der Waals surface area (Å²) < 4.78 is 0. The molecule has 1 unspecified atom stereocenters. The number of rotatable bonds is 4. The van der Waals surface area contributed by atoms with Gasteiger partial charge in [0.25, 0.3) is 0 Å². The Bertz CT molecular complexity index is 408. The molecule has 0 spiro atoms. The number of hydrogen-bond donors (Lipinski definition) is 2. The topological polar surface area (TPSA) is 53.6 Å². The molecule has 2 rings (SSSR count). The van der Waals surface area contributed by atoms with E-state index in [2.05, 4.69) is 34.3 Å². The molecule has 0 aliphatic carbocycles. The van der Waals surface area contributed by atoms with Crippen LogP contribution in [0.2, 0.25) is 0 Å². The van der Waals surface area contributed by atoms with Crippen molar-refractivity contribution in [2.45, 2.75) is 19.9 Å². The molecule has 4 heteroatoms. The summed E-state index contributed by atoms with van der Waals surface area (Å²) in [7, 11) is 0. The summed E-state index contributed by atoms with van der Waals surface area (Å²) in [6.07, 6.45) is 5.55. The molecule has 0 fully saturated rings. The van der Waals surface area contributed by atoms with Crippen molar-refractivity contribution >= 4 is 5.82 Å². The van der Waals surface area contributed by atoms with Crippen LogP contribution in [0.25, 0.3) is 0 Å². The highest BCUT2D eigenvalue weighted by Crippen LogP contribution is 2.24. The summed E-state index contributed by atoms with van der Waals surface area (Å²) in [6, 6.07) is 6.08. The summed E-state index contributed by atoms with van der Waals surface area (Å²) in [6.45, 7) is 4.35. The van der Waals surface area contributed by atoms with Gasteiger partial charge in [-0.1, -0.05) is 19.9 Å². The lowest BCUT2D eigenvalue weighted by Gasteiger charge is -2.21. The van der Waals surface area contributed by atoms with E-state index in [9.17, 15) is 0 Å². The Kier molecular flexibility index (Phi) is 3.19. The fourth-order valence-electron chi connectivity index (χ4n) is 1.67. The van der Waals surface area contributed by atoms with Crippen molar-refractivity contribution in [3.8, 4) is 0 Å². The van der Waals surface area contributed by atoms with Crippen molar-refractivity contribution in [1.82, 2.24) is 15.2 Å². The van der Waals surface area contributed by atoms with E-state index in [0.29, 0.717) is 5.92 Å². The van der Waals surface area contributed by atoms with Gasteiger partial charge in [0.1, 0.15) is 5.82 Å². The van der Waals surface area contributed by atoms with Crippen LogP contribution in [0.3, 0.4) is 0 Å². The second kappa shape index (κ2) is 4.79. The smallest absolute Gasteiger partial charge is 0.126 e. The van der Waals surface area contributed by atoms with E-state index in [0.717, 1.165) is 11.4 Å². The summed E-state index contributed by atoms with van der Waals surface area (Å²) in [5.74, 6) is 1.36. The van der Waals surface area contributed by atoms with Gasteiger partial charge in [-0.2, -0.15) is 5.10 Å². The first kappa shape index (κ1) is 10.7. The minimum atomic E-state index is 0.230. The maximum absolute atomic E-state index is 4.27. The van der Waals surface area contributed by atoms with E-state index in [1.165, 1.54) is 0 Å². The van der Waals surface area contributed by atoms with Gasteiger partial charge < -0.3 is 5.32 Å². The van der Waals surface area contributed by atoms with Crippen molar-refractivity contribution in [3.63, 3.8) is 0 Å². The summed E-state index contributed by atoms with van der Waals surface area (Å²) in [5.41, 5.74) is 1.15. The monoisotopic (exact) mass is 216 g/mol. The molecule has 0 saturated carbocycles. The third-order valence-electron chi connectivity index (χ3n) is 2.51. The zero-order chi connectivity index (χ0) is 11.4. The van der Waals surface area contributed by atoms with Gasteiger partial charge in [-0.25, -0.2) is 4.98 Å². The predicted octanol–water partition coefficient (Wildman–Crippen LogP) is 2.61. The molecule has 2 aromatic heterocycles. The third-order valence-corrected chi connectivity index (χ3v) is 2.51. The van der Waals surface area contributed by atoms with Gasteiger partial charge in [0.05, 0.1) is 12.2 Å². The Morgan fingerprint density at radius 2 is 2.19 bits per heavy atom. The molecule has 2 N–H and O–H groups in total. The first-order valence-electron chi connectivity index (χ1n) is 5.43. The van der Waals surface area contributed by atoms with Crippen LogP contribution < -0.4 is 5.32 Å². The highest BCUT2D eigenvalue weighted by atomic mass is 15.1. The maximum atomic E-state index is 4.27. The molecule has 0 amide bonds. The molecule has 2 aromatic rings. The largest absolute Gasteiger partial charge is 0.363 e. The van der Waals surface area contributed by atoms with Crippen LogP contribution in [0.4, 0.5) is 5.82 Å². The number of anilines is 1. The summed E-state index contributed by atoms with van der Waals surface area (Å²) >= 11 is 0. The molecule has 2 heterocycles. The second-order valence-electron chi connectivity index (χ2n) is 4.11. The van der Waals surface area contributed by atoms with Crippen LogP contribution in [0, 0.1) is 5.92 Å². The average Bonchev–Trinajstić information content (AvgIpc) is 2.80. The maximum Gasteiger partial charge on any atom is 0.126 e. The van der Waals surface area contributed by atoms with E-state index in [-0.39, 0.29) is 6.04 Å². The standard InChI is InChI=1S/C12H16N4/c1-9(2)12(10-7-14-15-8-10)16-11-5-3-4-6-13-11/h3-9,12H,1-2H3,(H,13,16)(H,14,15). The zero-order valence-corrected chi connectivity index (χ0v) is 9.51. The van der Waals surface area contributed by atoms with Gasteiger partial charge >= 0.3 is 0 Å². The van der Waals surface area contributed by atoms with E-state index >= 15 is 0 Å². The summed E-state index contributed by atoms with van der Waals surface area (Å²) in [5, 5.41) is 10.2. The van der Waals surface area contributed by atoms with Crippen molar-refractivity contribution in [3.05, 3.63) is 42.4 Å². The lowest BCUT2D eigenvalue weighted by Crippen LogP contribution is -2.16. The SMILES string of the molecule is CC(C)C(Nc1ccccn1)c1cn[nH]c1. The molecule has 0 aliphatic heterocycles. The molecule has 0 aliphatic rings. The highest BCUT2D eigenvalue weighted by Gasteiger charge is 2.16. The Hall–Kier alpha value is -1.84. The van der Waals surface area contributed by atoms with Gasteiger partial charge in [-0.05, 0) is 18.1 Å². The van der Waals surface area contributed by atoms with E-state index in [1.54, 1.807) is 6.20 Å². The quantitative estimate of drug-likeness (QED) is 0.826. The minimum absolute atomic E-state index is 0.230. The molecule has 0 aromatic carbocycles. The third kappa shape index (κ3) is 2.39. The number of nitrogens with zero attached hydrogens (tertiary/aromatic N) is 2. The summed E-state index contributed by atoms with van der Waals surface area (Å²) in [4.78, 5) is 4.27. The minimum Gasteiger partial charge on any atom is -0.363 e. The molecule has 16 heavy (non-hydrogen) atoms. The number of hydrogen-bond acceptors (Lipinski definition) is 3. The average molecular weight is 216 g/mol. The normalized spacial score (nSPS) is 12.7. The molecule has 84 valence electrons. The van der Waals surface area contributed by atoms with Gasteiger partial charge in [-0.15, -0.1) is 0 Å². The highest BCUT2D eigenvalue weighted by molar-refractivity contribution is 5.37. The van der Waals surface area contributed by atoms with Crippen LogP contribution in [-0.4, -0.2) is 15.2 Å². The Morgan fingerprint density at radius 3 is 2.75 bits per heavy atom. The molecular formula is C12H16N4. The Morgan fingerprint density at radius 1 is 1.31 bits per heavy atom. The first-order chi connectivity index (χ1) is 7.77. The van der Waals surface area contributed by atoms with E-state index < -0.39 is 0 Å². The van der Waals surface area contributed by atoms with Gasteiger partial charge in [0.15, 0.2) is 0 Å². The van der Waals surface area contributed by atoms with Gasteiger partial charge in [0.2, 0.25) is 0 Å². The number of aromatic nitrogens is 3.